The predicted octanol–water partition coefficient (Wildman–Crippen LogP) is 2.61. The van der Waals surface area contributed by atoms with Crippen LogP contribution in [0.5, 0.6) is 0 Å². The Kier molecular flexibility index (Phi) is 7.36. The molecule has 0 saturated carbocycles. The Hall–Kier alpha value is -3.06. The summed E-state index contributed by atoms with van der Waals surface area (Å²) >= 11 is 6.24. The number of nitrogens with one attached hydrogen (secondary N) is 1. The highest BCUT2D eigenvalue weighted by atomic mass is 32.2. The molecule has 0 unspecified atom stereocenters. The summed E-state index contributed by atoms with van der Waals surface area (Å²) in [5, 5.41) is 2.75. The minimum atomic E-state index is -3.81. The fourth-order valence-electron chi connectivity index (χ4n) is 3.71. The molecule has 0 spiro atoms. The van der Waals surface area contributed by atoms with Crippen molar-refractivity contribution in [3.05, 3.63) is 65.1 Å². The fraction of sp³-hybridized carbons (Fsp3) is 0.217. The minimum Gasteiger partial charge on any atom is -0.325 e. The number of nitrogens with zero attached hydrogens (tertiary/aromatic N) is 2. The van der Waals surface area contributed by atoms with Gasteiger partial charge in [-0.1, -0.05) is 60.4 Å². The molecule has 2 aliphatic heterocycles. The predicted molar refractivity (Wildman–Crippen MR) is 138 cm³/mol. The summed E-state index contributed by atoms with van der Waals surface area (Å²) in [5.41, 5.74) is 1.74. The molecule has 1 N–H and O–H groups in total. The van der Waals surface area contributed by atoms with Gasteiger partial charge in [0.05, 0.1) is 28.5 Å². The van der Waals surface area contributed by atoms with Gasteiger partial charge in [0.25, 0.3) is 21.9 Å². The van der Waals surface area contributed by atoms with Gasteiger partial charge in [-0.05, 0) is 25.1 Å². The number of amides is 3. The van der Waals surface area contributed by atoms with E-state index in [1.807, 2.05) is 6.07 Å². The Morgan fingerprint density at radius 2 is 1.71 bits per heavy atom. The zero-order valence-electron chi connectivity index (χ0n) is 18.6. The number of fused-ring (bicyclic) bond motifs is 1. The number of hydrogen-bond donors (Lipinski definition) is 1. The lowest BCUT2D eigenvalue weighted by Crippen LogP contribution is -2.36. The van der Waals surface area contributed by atoms with E-state index in [4.69, 9.17) is 16.4 Å². The molecule has 2 heterocycles. The molecule has 0 aromatic heterocycles. The molecule has 182 valence electrons. The summed E-state index contributed by atoms with van der Waals surface area (Å²) in [7, 11) is -3.81. The summed E-state index contributed by atoms with van der Waals surface area (Å²) in [6.45, 7) is 1.10. The first kappa shape index (κ1) is 25.0. The average Bonchev–Trinajstić information content (AvgIpc) is 3.25. The molecule has 1 saturated heterocycles. The number of rotatable bonds is 8. The van der Waals surface area contributed by atoms with Crippen LogP contribution in [0.1, 0.15) is 12.5 Å². The third-order valence-corrected chi connectivity index (χ3v) is 7.95. The monoisotopic (exact) mass is 531 g/mol. The minimum absolute atomic E-state index is 0.0102. The van der Waals surface area contributed by atoms with E-state index in [9.17, 15) is 22.8 Å². The van der Waals surface area contributed by atoms with Gasteiger partial charge < -0.3 is 5.32 Å². The summed E-state index contributed by atoms with van der Waals surface area (Å²) in [6, 6.07) is 15.7. The second kappa shape index (κ2) is 10.3. The van der Waals surface area contributed by atoms with Crippen molar-refractivity contribution in [1.82, 2.24) is 4.90 Å². The van der Waals surface area contributed by atoms with Crippen LogP contribution in [0.2, 0.25) is 0 Å². The van der Waals surface area contributed by atoms with Crippen molar-refractivity contribution in [1.29, 1.82) is 0 Å². The number of carbonyl (C=O) groups excluding carboxylic acids is 3. The van der Waals surface area contributed by atoms with E-state index in [1.54, 1.807) is 55.5 Å². The zero-order valence-corrected chi connectivity index (χ0v) is 21.0. The topological polar surface area (TPSA) is 113 Å². The number of thioether (sulfide) groups is 1. The van der Waals surface area contributed by atoms with Gasteiger partial charge in [-0.3, -0.25) is 28.4 Å². The molecule has 2 aliphatic rings. The largest absolute Gasteiger partial charge is 0.325 e. The van der Waals surface area contributed by atoms with Crippen LogP contribution >= 0.6 is 24.0 Å². The van der Waals surface area contributed by atoms with Crippen molar-refractivity contribution in [2.75, 3.05) is 35.7 Å². The molecular formula is C23H21N3O6S3. The van der Waals surface area contributed by atoms with Gasteiger partial charge in [-0.25, -0.2) is 0 Å². The number of anilines is 2. The van der Waals surface area contributed by atoms with Crippen molar-refractivity contribution < 1.29 is 27.0 Å². The third-order valence-electron chi connectivity index (χ3n) is 5.22. The summed E-state index contributed by atoms with van der Waals surface area (Å²) < 4.78 is 28.7. The van der Waals surface area contributed by atoms with Crippen LogP contribution in [-0.4, -0.2) is 60.8 Å². The van der Waals surface area contributed by atoms with E-state index in [0.29, 0.717) is 16.9 Å². The van der Waals surface area contributed by atoms with Crippen molar-refractivity contribution in [2.24, 2.45) is 0 Å². The molecule has 2 aromatic rings. The second-order valence-electron chi connectivity index (χ2n) is 7.52. The standard InChI is InChI=1S/C23H21N3O6S3/c1-2-32-35(30,31)13-12-25-22(29)20(34-23(25)33)19-16-10-6-7-11-17(16)26(21(19)28)14-18(27)24-15-8-4-3-5-9-15/h3-11H,2,12-14H2,1H3,(H,24,27)/b20-19+. The summed E-state index contributed by atoms with van der Waals surface area (Å²) in [6.07, 6.45) is 0. The van der Waals surface area contributed by atoms with Crippen LogP contribution in [0.4, 0.5) is 11.4 Å². The Morgan fingerprint density at radius 1 is 1.03 bits per heavy atom. The van der Waals surface area contributed by atoms with Gasteiger partial charge in [-0.15, -0.1) is 0 Å². The smallest absolute Gasteiger partial charge is 0.269 e. The maximum atomic E-state index is 13.4. The van der Waals surface area contributed by atoms with E-state index < -0.39 is 33.6 Å². The lowest BCUT2D eigenvalue weighted by atomic mass is 10.1. The molecule has 12 heteroatoms. The van der Waals surface area contributed by atoms with Gasteiger partial charge in [0, 0.05) is 17.8 Å². The van der Waals surface area contributed by atoms with Gasteiger partial charge in [0.1, 0.15) is 10.9 Å². The fourth-order valence-corrected chi connectivity index (χ4v) is 5.97. The SMILES string of the molecule is CCOS(=O)(=O)CCN1C(=O)/C(=C2\C(=O)N(CC(=O)Nc3ccccc3)c3ccccc32)SC1=S. The molecule has 1 fully saturated rings. The molecule has 0 bridgehead atoms. The molecule has 0 radical (unpaired) electrons. The van der Waals surface area contributed by atoms with E-state index in [1.165, 1.54) is 4.90 Å². The second-order valence-corrected chi connectivity index (χ2v) is 10.9. The Morgan fingerprint density at radius 3 is 2.43 bits per heavy atom. The maximum Gasteiger partial charge on any atom is 0.269 e. The third kappa shape index (κ3) is 5.30. The number of benzene rings is 2. The van der Waals surface area contributed by atoms with Gasteiger partial charge in [-0.2, -0.15) is 8.42 Å². The van der Waals surface area contributed by atoms with Gasteiger partial charge in [0.15, 0.2) is 0 Å². The average molecular weight is 532 g/mol. The van der Waals surface area contributed by atoms with Crippen molar-refractivity contribution in [3.8, 4) is 0 Å². The van der Waals surface area contributed by atoms with E-state index in [0.717, 1.165) is 16.7 Å². The maximum absolute atomic E-state index is 13.4. The van der Waals surface area contributed by atoms with Crippen LogP contribution in [0, 0.1) is 0 Å². The van der Waals surface area contributed by atoms with Crippen LogP contribution in [-0.2, 0) is 28.7 Å². The first-order chi connectivity index (χ1) is 16.7. The lowest BCUT2D eigenvalue weighted by Gasteiger charge is -2.16. The van der Waals surface area contributed by atoms with Crippen LogP contribution < -0.4 is 10.2 Å². The Bertz CT molecular complexity index is 1340. The van der Waals surface area contributed by atoms with Crippen molar-refractivity contribution in [3.63, 3.8) is 0 Å². The number of carbonyl (C=O) groups is 3. The molecule has 0 atom stereocenters. The molecule has 3 amide bonds. The quantitative estimate of drug-likeness (QED) is 0.314. The van der Waals surface area contributed by atoms with Crippen molar-refractivity contribution >= 4 is 73.1 Å². The number of thiocarbonyl (C=S) groups is 1. The van der Waals surface area contributed by atoms with Crippen LogP contribution in [0.25, 0.3) is 5.57 Å². The number of para-hydroxylation sites is 2. The first-order valence-electron chi connectivity index (χ1n) is 10.6. The summed E-state index contributed by atoms with van der Waals surface area (Å²) in [5.74, 6) is -1.88. The molecule has 2 aromatic carbocycles. The van der Waals surface area contributed by atoms with Crippen LogP contribution in [0.15, 0.2) is 59.5 Å². The summed E-state index contributed by atoms with van der Waals surface area (Å²) in [4.78, 5) is 41.9. The Labute approximate surface area is 212 Å². The van der Waals surface area contributed by atoms with E-state index in [-0.39, 0.29) is 34.5 Å². The highest BCUT2D eigenvalue weighted by molar-refractivity contribution is 8.26. The zero-order chi connectivity index (χ0) is 25.2. The van der Waals surface area contributed by atoms with E-state index in [2.05, 4.69) is 5.32 Å². The molecular weight excluding hydrogens is 510 g/mol. The highest BCUT2D eigenvalue weighted by Gasteiger charge is 2.42. The van der Waals surface area contributed by atoms with Crippen LogP contribution in [0.3, 0.4) is 0 Å². The van der Waals surface area contributed by atoms with E-state index >= 15 is 0 Å². The number of hydrogen-bond acceptors (Lipinski definition) is 8. The first-order valence-corrected chi connectivity index (χ1v) is 13.4. The molecule has 0 aliphatic carbocycles. The lowest BCUT2D eigenvalue weighted by molar-refractivity contribution is -0.122. The van der Waals surface area contributed by atoms with Gasteiger partial charge in [0.2, 0.25) is 5.91 Å². The Balaban J connectivity index is 1.59. The van der Waals surface area contributed by atoms with Crippen molar-refractivity contribution in [2.45, 2.75) is 6.92 Å². The molecule has 35 heavy (non-hydrogen) atoms. The highest BCUT2D eigenvalue weighted by Crippen LogP contribution is 2.44. The molecule has 9 nitrogen and oxygen atoms in total. The normalized spacial score (nSPS) is 17.8. The molecule has 4 rings (SSSR count). The van der Waals surface area contributed by atoms with Gasteiger partial charge >= 0.3 is 0 Å².